The lowest BCUT2D eigenvalue weighted by atomic mass is 9.69. The van der Waals surface area contributed by atoms with Crippen molar-refractivity contribution in [2.24, 2.45) is 5.41 Å². The van der Waals surface area contributed by atoms with Crippen molar-refractivity contribution in [2.45, 2.75) is 81.8 Å². The van der Waals surface area contributed by atoms with Crippen LogP contribution in [0, 0.1) is 12.3 Å². The quantitative estimate of drug-likeness (QED) is 0.251. The van der Waals surface area contributed by atoms with Gasteiger partial charge in [-0.25, -0.2) is 8.93 Å². The molecule has 3 aromatic rings. The van der Waals surface area contributed by atoms with E-state index in [0.717, 1.165) is 48.6 Å². The van der Waals surface area contributed by atoms with Gasteiger partial charge in [-0.15, -0.1) is 0 Å². The number of carbonyl (C=O) groups excluding carboxylic acids is 1. The van der Waals surface area contributed by atoms with Crippen LogP contribution in [0.4, 0.5) is 0 Å². The van der Waals surface area contributed by atoms with Crippen LogP contribution in [0.2, 0.25) is 11.1 Å². The van der Waals surface area contributed by atoms with E-state index in [2.05, 4.69) is 86.2 Å². The zero-order valence-corrected chi connectivity index (χ0v) is 25.9. The molecule has 0 unspecified atom stereocenters. The highest BCUT2D eigenvalue weighted by Crippen LogP contribution is 2.47. The number of nitrogens with one attached hydrogen (secondary N) is 1. The summed E-state index contributed by atoms with van der Waals surface area (Å²) >= 11 is 0. The molecule has 208 valence electrons. The highest BCUT2D eigenvalue weighted by molar-refractivity contribution is 7.83. The Labute approximate surface area is 238 Å². The van der Waals surface area contributed by atoms with Crippen LogP contribution in [0.5, 0.6) is 0 Å². The van der Waals surface area contributed by atoms with Crippen molar-refractivity contribution in [1.82, 2.24) is 4.72 Å². The van der Waals surface area contributed by atoms with Crippen molar-refractivity contribution < 1.29 is 13.7 Å². The van der Waals surface area contributed by atoms with Crippen molar-refractivity contribution in [3.05, 3.63) is 90.5 Å². The largest absolute Gasteiger partial charge is 0.469 e. The Morgan fingerprint density at radius 2 is 1.41 bits per heavy atom. The van der Waals surface area contributed by atoms with E-state index < -0.39 is 24.5 Å². The summed E-state index contributed by atoms with van der Waals surface area (Å²) in [6.07, 6.45) is 4.50. The first-order valence-electron chi connectivity index (χ1n) is 14.1. The average molecular weight is 562 g/mol. The number of aryl methyl sites for hydroxylation is 1. The average Bonchev–Trinajstić information content (AvgIpc) is 2.95. The van der Waals surface area contributed by atoms with Crippen LogP contribution in [0.1, 0.15) is 58.4 Å². The maximum Gasteiger partial charge on any atom is 0.313 e. The lowest BCUT2D eigenvalue weighted by Gasteiger charge is -2.50. The highest BCUT2D eigenvalue weighted by atomic mass is 32.2. The molecule has 0 bridgehead atoms. The molecule has 2 atom stereocenters. The number of rotatable bonds is 9. The van der Waals surface area contributed by atoms with Crippen LogP contribution in [0.25, 0.3) is 0 Å². The monoisotopic (exact) mass is 561 g/mol. The molecule has 6 heteroatoms. The van der Waals surface area contributed by atoms with Crippen molar-refractivity contribution in [1.29, 1.82) is 0 Å². The van der Waals surface area contributed by atoms with Crippen molar-refractivity contribution >= 4 is 35.4 Å². The Kier molecular flexibility index (Phi) is 9.30. The van der Waals surface area contributed by atoms with Gasteiger partial charge in [0.2, 0.25) is 0 Å². The molecule has 0 spiro atoms. The van der Waals surface area contributed by atoms with Crippen LogP contribution >= 0.6 is 0 Å². The first-order valence-corrected chi connectivity index (χ1v) is 17.4. The summed E-state index contributed by atoms with van der Waals surface area (Å²) in [5.41, 5.74) is 0.387. The van der Waals surface area contributed by atoms with Gasteiger partial charge in [0.15, 0.2) is 0 Å². The molecule has 1 N–H and O–H groups in total. The molecular formula is C33H43NO3SSi. The molecule has 1 saturated carbocycles. The SMILES string of the molecule is COC(=O)C1([C@@H](C[Si](c2ccccc2)(c2ccccc2)C(C)(C)C)N[S@@](=O)c2ccc(C)cc2)CCCCC1. The summed E-state index contributed by atoms with van der Waals surface area (Å²) in [7, 11) is -2.57. The van der Waals surface area contributed by atoms with E-state index in [1.54, 1.807) is 0 Å². The van der Waals surface area contributed by atoms with Gasteiger partial charge in [0.1, 0.15) is 19.1 Å². The molecule has 39 heavy (non-hydrogen) atoms. The third-order valence-corrected chi connectivity index (χ3v) is 16.2. The van der Waals surface area contributed by atoms with Gasteiger partial charge in [0, 0.05) is 6.04 Å². The minimum Gasteiger partial charge on any atom is -0.469 e. The topological polar surface area (TPSA) is 55.4 Å². The van der Waals surface area contributed by atoms with Gasteiger partial charge in [-0.3, -0.25) is 4.79 Å². The second-order valence-electron chi connectivity index (χ2n) is 12.1. The molecule has 0 amide bonds. The molecule has 1 aliphatic rings. The van der Waals surface area contributed by atoms with Crippen molar-refractivity contribution in [2.75, 3.05) is 7.11 Å². The maximum absolute atomic E-state index is 13.9. The third kappa shape index (κ3) is 5.98. The van der Waals surface area contributed by atoms with E-state index in [1.807, 2.05) is 31.2 Å². The van der Waals surface area contributed by atoms with Gasteiger partial charge in [-0.05, 0) is 43.0 Å². The molecule has 0 saturated heterocycles. The number of benzene rings is 3. The predicted octanol–water partition coefficient (Wildman–Crippen LogP) is 6.16. The Morgan fingerprint density at radius 3 is 1.87 bits per heavy atom. The van der Waals surface area contributed by atoms with Gasteiger partial charge < -0.3 is 4.74 Å². The van der Waals surface area contributed by atoms with E-state index in [-0.39, 0.29) is 17.0 Å². The standard InChI is InChI=1S/C33H43NO3SSi/c1-26-19-21-27(22-20-26)38(36)34-30(33(31(35)37-5)23-13-8-14-24-33)25-39(32(2,3)4,28-15-9-6-10-16-28)29-17-11-7-12-18-29/h6-7,9-12,15-22,30,34H,8,13-14,23-25H2,1-5H3/t30-,38+/m1/s1. The normalized spacial score (nSPS) is 17.3. The second-order valence-corrected chi connectivity index (χ2v) is 18.2. The van der Waals surface area contributed by atoms with Gasteiger partial charge in [0.25, 0.3) is 0 Å². The van der Waals surface area contributed by atoms with E-state index >= 15 is 0 Å². The zero-order chi connectivity index (χ0) is 28.1. The summed E-state index contributed by atoms with van der Waals surface area (Å²) in [4.78, 5) is 14.5. The summed E-state index contributed by atoms with van der Waals surface area (Å²) in [5.74, 6) is -0.182. The molecule has 0 heterocycles. The van der Waals surface area contributed by atoms with E-state index in [9.17, 15) is 9.00 Å². The summed E-state index contributed by atoms with van der Waals surface area (Å²) in [6.45, 7) is 9.02. The predicted molar refractivity (Wildman–Crippen MR) is 164 cm³/mol. The number of hydrogen-bond acceptors (Lipinski definition) is 3. The van der Waals surface area contributed by atoms with Gasteiger partial charge in [-0.1, -0.05) is 129 Å². The lowest BCUT2D eigenvalue weighted by Crippen LogP contribution is -2.68. The van der Waals surface area contributed by atoms with Crippen molar-refractivity contribution in [3.63, 3.8) is 0 Å². The van der Waals surface area contributed by atoms with Gasteiger partial charge in [0.05, 0.1) is 17.4 Å². The minimum atomic E-state index is -2.58. The number of ether oxygens (including phenoxy) is 1. The van der Waals surface area contributed by atoms with E-state index in [1.165, 1.54) is 17.5 Å². The number of hydrogen-bond donors (Lipinski definition) is 1. The Balaban J connectivity index is 1.92. The Hall–Kier alpha value is -2.54. The molecule has 1 aliphatic carbocycles. The Morgan fingerprint density at radius 1 is 0.897 bits per heavy atom. The summed E-state index contributed by atoms with van der Waals surface area (Å²) < 4.78 is 23.0. The fourth-order valence-corrected chi connectivity index (χ4v) is 13.6. The molecule has 0 radical (unpaired) electrons. The van der Waals surface area contributed by atoms with Gasteiger partial charge in [-0.2, -0.15) is 0 Å². The zero-order valence-electron chi connectivity index (χ0n) is 24.0. The van der Waals surface area contributed by atoms with Crippen LogP contribution < -0.4 is 15.1 Å². The number of methoxy groups -OCH3 is 1. The first kappa shape index (κ1) is 29.4. The highest BCUT2D eigenvalue weighted by Gasteiger charge is 2.55. The molecule has 3 aromatic carbocycles. The van der Waals surface area contributed by atoms with Crippen LogP contribution in [0.3, 0.4) is 0 Å². The van der Waals surface area contributed by atoms with Gasteiger partial charge >= 0.3 is 5.97 Å². The molecule has 1 fully saturated rings. The fraction of sp³-hybridized carbons (Fsp3) is 0.424. The third-order valence-electron chi connectivity index (χ3n) is 8.81. The van der Waals surface area contributed by atoms with Crippen molar-refractivity contribution in [3.8, 4) is 0 Å². The smallest absolute Gasteiger partial charge is 0.313 e. The van der Waals surface area contributed by atoms with E-state index in [4.69, 9.17) is 4.74 Å². The van der Waals surface area contributed by atoms with Crippen LogP contribution in [-0.2, 0) is 20.5 Å². The first-order chi connectivity index (χ1) is 18.6. The maximum atomic E-state index is 13.9. The molecule has 0 aromatic heterocycles. The Bertz CT molecular complexity index is 1210. The summed E-state index contributed by atoms with van der Waals surface area (Å²) in [5, 5.41) is 2.56. The minimum absolute atomic E-state index is 0.0903. The lowest BCUT2D eigenvalue weighted by molar-refractivity contribution is -0.156. The van der Waals surface area contributed by atoms with Crippen LogP contribution in [0.15, 0.2) is 89.8 Å². The summed E-state index contributed by atoms with van der Waals surface area (Å²) in [6, 6.07) is 29.9. The molecule has 0 aliphatic heterocycles. The fourth-order valence-electron chi connectivity index (χ4n) is 6.62. The molecule has 4 rings (SSSR count). The van der Waals surface area contributed by atoms with E-state index in [0.29, 0.717) is 0 Å². The number of esters is 1. The number of carbonyl (C=O) groups is 1. The van der Waals surface area contributed by atoms with Crippen LogP contribution in [-0.4, -0.2) is 31.4 Å². The molecule has 4 nitrogen and oxygen atoms in total. The second kappa shape index (κ2) is 12.3. The molecular weight excluding hydrogens is 519 g/mol.